The van der Waals surface area contributed by atoms with Gasteiger partial charge in [0.25, 0.3) is 0 Å². The Labute approximate surface area is 80.9 Å². The highest BCUT2D eigenvalue weighted by Gasteiger charge is 2.19. The van der Waals surface area contributed by atoms with Crippen molar-refractivity contribution in [2.75, 3.05) is 41.3 Å². The van der Waals surface area contributed by atoms with Gasteiger partial charge < -0.3 is 9.69 Å². The van der Waals surface area contributed by atoms with Crippen molar-refractivity contribution in [3.8, 4) is 0 Å². The summed E-state index contributed by atoms with van der Waals surface area (Å²) in [6, 6.07) is 0. The van der Waals surface area contributed by atoms with Crippen molar-refractivity contribution in [2.45, 2.75) is 6.42 Å². The topological polar surface area (TPSA) is 35.6 Å². The van der Waals surface area contributed by atoms with Crippen molar-refractivity contribution in [2.24, 2.45) is 5.92 Å². The molecule has 1 unspecified atom stereocenters. The van der Waals surface area contributed by atoms with E-state index in [4.69, 9.17) is 0 Å². The third-order valence-electron chi connectivity index (χ3n) is 1.73. The molecule has 0 spiro atoms. The van der Waals surface area contributed by atoms with Gasteiger partial charge in [-0.25, -0.2) is 5.01 Å². The molecule has 1 aliphatic heterocycles. The number of hydrogen-bond acceptors (Lipinski definition) is 4. The second-order valence-electron chi connectivity index (χ2n) is 3.70. The van der Waals surface area contributed by atoms with E-state index in [0.29, 0.717) is 0 Å². The second-order valence-corrected chi connectivity index (χ2v) is 3.70. The van der Waals surface area contributed by atoms with Crippen LogP contribution in [0.25, 0.3) is 0 Å². The predicted molar refractivity (Wildman–Crippen MR) is 54.4 cm³/mol. The highest BCUT2D eigenvalue weighted by molar-refractivity contribution is 5.54. The number of nitrogens with zero attached hydrogens (tertiary/aromatic N) is 2. The van der Waals surface area contributed by atoms with Gasteiger partial charge in [0.1, 0.15) is 6.29 Å². The number of hydrazine groups is 1. The standard InChI is InChI=1S/C6H12N2O.C3H9N/c1-7-8-3-2-6(4-8)5-9;1-4(2)3/h5-7H,2-4H2,1H3;1-3H3. The Morgan fingerprint density at radius 3 is 2.23 bits per heavy atom. The first kappa shape index (κ1) is 12.6. The Kier molecular flexibility index (Phi) is 6.76. The van der Waals surface area contributed by atoms with Crippen LogP contribution in [0.3, 0.4) is 0 Å². The summed E-state index contributed by atoms with van der Waals surface area (Å²) in [4.78, 5) is 12.2. The molecule has 4 heteroatoms. The quantitative estimate of drug-likeness (QED) is 0.608. The van der Waals surface area contributed by atoms with Gasteiger partial charge in [0.15, 0.2) is 0 Å². The average Bonchev–Trinajstić information content (AvgIpc) is 2.50. The summed E-state index contributed by atoms with van der Waals surface area (Å²) in [6.45, 7) is 1.87. The second kappa shape index (κ2) is 7.00. The summed E-state index contributed by atoms with van der Waals surface area (Å²) in [6.07, 6.45) is 2.04. The lowest BCUT2D eigenvalue weighted by molar-refractivity contribution is -0.110. The molecule has 4 nitrogen and oxygen atoms in total. The minimum Gasteiger partial charge on any atom is -0.312 e. The molecular formula is C9H21N3O. The highest BCUT2D eigenvalue weighted by atomic mass is 16.1. The first-order valence-corrected chi connectivity index (χ1v) is 4.58. The number of aldehydes is 1. The van der Waals surface area contributed by atoms with Crippen LogP contribution >= 0.6 is 0 Å². The van der Waals surface area contributed by atoms with Crippen LogP contribution < -0.4 is 5.43 Å². The van der Waals surface area contributed by atoms with E-state index < -0.39 is 0 Å². The molecule has 1 heterocycles. The van der Waals surface area contributed by atoms with Gasteiger partial charge in [0, 0.05) is 19.0 Å². The largest absolute Gasteiger partial charge is 0.312 e. The maximum absolute atomic E-state index is 10.2. The molecule has 1 fully saturated rings. The summed E-state index contributed by atoms with van der Waals surface area (Å²) in [5.74, 6) is 0.262. The summed E-state index contributed by atoms with van der Waals surface area (Å²) in [7, 11) is 7.88. The van der Waals surface area contributed by atoms with Crippen LogP contribution in [0.4, 0.5) is 0 Å². The van der Waals surface area contributed by atoms with Crippen LogP contribution in [0.5, 0.6) is 0 Å². The summed E-state index contributed by atoms with van der Waals surface area (Å²) < 4.78 is 0. The molecule has 1 atom stereocenters. The van der Waals surface area contributed by atoms with E-state index >= 15 is 0 Å². The number of hydrogen-bond donors (Lipinski definition) is 1. The molecule has 1 rings (SSSR count). The Hall–Kier alpha value is -0.450. The lowest BCUT2D eigenvalue weighted by Crippen LogP contribution is -2.32. The van der Waals surface area contributed by atoms with Gasteiger partial charge in [0.05, 0.1) is 0 Å². The van der Waals surface area contributed by atoms with Crippen molar-refractivity contribution in [3.63, 3.8) is 0 Å². The molecule has 0 bridgehead atoms. The zero-order chi connectivity index (χ0) is 10.3. The van der Waals surface area contributed by atoms with Crippen LogP contribution in [0, 0.1) is 5.92 Å². The van der Waals surface area contributed by atoms with Crippen molar-refractivity contribution in [3.05, 3.63) is 0 Å². The van der Waals surface area contributed by atoms with Crippen LogP contribution in [-0.4, -0.2) is 57.5 Å². The highest BCUT2D eigenvalue weighted by Crippen LogP contribution is 2.10. The van der Waals surface area contributed by atoms with Crippen LogP contribution in [0.15, 0.2) is 0 Å². The molecule has 0 saturated carbocycles. The lowest BCUT2D eigenvalue weighted by Gasteiger charge is -2.11. The van der Waals surface area contributed by atoms with E-state index in [-0.39, 0.29) is 5.92 Å². The van der Waals surface area contributed by atoms with Gasteiger partial charge in [-0.15, -0.1) is 0 Å². The number of nitrogens with one attached hydrogen (secondary N) is 1. The van der Waals surface area contributed by atoms with Gasteiger partial charge in [-0.05, 0) is 34.6 Å². The van der Waals surface area contributed by atoms with Crippen LogP contribution in [0.1, 0.15) is 6.42 Å². The van der Waals surface area contributed by atoms with E-state index in [1.165, 1.54) is 0 Å². The fourth-order valence-corrected chi connectivity index (χ4v) is 1.10. The predicted octanol–water partition coefficient (Wildman–Crippen LogP) is -0.181. The normalized spacial score (nSPS) is 22.7. The van der Waals surface area contributed by atoms with Crippen molar-refractivity contribution in [1.29, 1.82) is 0 Å². The van der Waals surface area contributed by atoms with Crippen molar-refractivity contribution < 1.29 is 4.79 Å². The monoisotopic (exact) mass is 187 g/mol. The molecule has 0 radical (unpaired) electrons. The number of rotatable bonds is 2. The maximum Gasteiger partial charge on any atom is 0.124 e. The number of carbonyl (C=O) groups is 1. The zero-order valence-corrected chi connectivity index (χ0v) is 9.08. The molecule has 0 aromatic carbocycles. The zero-order valence-electron chi connectivity index (χ0n) is 9.08. The third kappa shape index (κ3) is 6.69. The number of carbonyl (C=O) groups excluding carboxylic acids is 1. The summed E-state index contributed by atoms with van der Waals surface area (Å²) >= 11 is 0. The van der Waals surface area contributed by atoms with Crippen LogP contribution in [0.2, 0.25) is 0 Å². The summed E-state index contributed by atoms with van der Waals surface area (Å²) in [5.41, 5.74) is 3.00. The Morgan fingerprint density at radius 1 is 1.46 bits per heavy atom. The minimum absolute atomic E-state index is 0.262. The summed E-state index contributed by atoms with van der Waals surface area (Å²) in [5, 5.41) is 2.05. The average molecular weight is 187 g/mol. The minimum atomic E-state index is 0.262. The van der Waals surface area contributed by atoms with Gasteiger partial charge in [-0.1, -0.05) is 0 Å². The van der Waals surface area contributed by atoms with Gasteiger partial charge in [-0.3, -0.25) is 5.43 Å². The third-order valence-corrected chi connectivity index (χ3v) is 1.73. The first-order chi connectivity index (χ1) is 6.10. The fourth-order valence-electron chi connectivity index (χ4n) is 1.10. The van der Waals surface area contributed by atoms with E-state index in [9.17, 15) is 4.79 Å². The Balaban J connectivity index is 0.000000310. The lowest BCUT2D eigenvalue weighted by atomic mass is 10.1. The molecule has 1 aliphatic rings. The van der Waals surface area contributed by atoms with Crippen LogP contribution in [-0.2, 0) is 4.79 Å². The molecule has 0 aromatic rings. The van der Waals surface area contributed by atoms with Crippen molar-refractivity contribution in [1.82, 2.24) is 15.3 Å². The molecule has 0 amide bonds. The van der Waals surface area contributed by atoms with E-state index in [2.05, 4.69) is 10.4 Å². The fraction of sp³-hybridized carbons (Fsp3) is 0.889. The van der Waals surface area contributed by atoms with Gasteiger partial charge >= 0.3 is 0 Å². The molecule has 78 valence electrons. The molecule has 1 saturated heterocycles. The molecule has 0 aromatic heterocycles. The molecule has 13 heavy (non-hydrogen) atoms. The van der Waals surface area contributed by atoms with E-state index in [1.54, 1.807) is 0 Å². The SMILES string of the molecule is CN(C)C.CNN1CCC(C=O)C1. The van der Waals surface area contributed by atoms with Gasteiger partial charge in [0.2, 0.25) is 0 Å². The van der Waals surface area contributed by atoms with E-state index in [1.807, 2.05) is 33.1 Å². The van der Waals surface area contributed by atoms with Crippen molar-refractivity contribution >= 4 is 6.29 Å². The van der Waals surface area contributed by atoms with E-state index in [0.717, 1.165) is 25.8 Å². The smallest absolute Gasteiger partial charge is 0.124 e. The van der Waals surface area contributed by atoms with Gasteiger partial charge in [-0.2, -0.15) is 0 Å². The Morgan fingerprint density at radius 2 is 2.00 bits per heavy atom. The maximum atomic E-state index is 10.2. The molecule has 1 N–H and O–H groups in total. The first-order valence-electron chi connectivity index (χ1n) is 4.58. The molecule has 0 aliphatic carbocycles. The Bertz CT molecular complexity index is 136. The molecular weight excluding hydrogens is 166 g/mol.